The molecule has 2 aromatic carbocycles. The lowest BCUT2D eigenvalue weighted by atomic mass is 9.68. The standard InChI is InChI=1S/C30H30N6O2S2/c1-4-18-10-12-19(13-11-18)25-21(16-31)27(32)36(22-14-30(2,3)15-23(37)26(22)25)28-34-35-29(40-28)39-17-24(38)33-20-8-6-5-7-9-20/h5-13,25H,4,14-15,17,32H2,1-3H3,(H,33,38). The zero-order chi connectivity index (χ0) is 28.4. The van der Waals surface area contributed by atoms with Crippen LogP contribution in [0.4, 0.5) is 10.8 Å². The third kappa shape index (κ3) is 5.53. The van der Waals surface area contributed by atoms with Crippen molar-refractivity contribution in [1.82, 2.24) is 10.2 Å². The van der Waals surface area contributed by atoms with Crippen molar-refractivity contribution >= 4 is 45.6 Å². The predicted octanol–water partition coefficient (Wildman–Crippen LogP) is 5.77. The summed E-state index contributed by atoms with van der Waals surface area (Å²) in [6.07, 6.45) is 1.88. The van der Waals surface area contributed by atoms with Crippen LogP contribution in [0.25, 0.3) is 0 Å². The van der Waals surface area contributed by atoms with Crippen molar-refractivity contribution in [3.05, 3.63) is 88.4 Å². The van der Waals surface area contributed by atoms with Crippen molar-refractivity contribution < 1.29 is 9.59 Å². The van der Waals surface area contributed by atoms with Crippen LogP contribution in [0.2, 0.25) is 0 Å². The molecule has 1 aliphatic heterocycles. The molecule has 1 unspecified atom stereocenters. The molecule has 1 aliphatic carbocycles. The second-order valence-corrected chi connectivity index (χ2v) is 12.8. The van der Waals surface area contributed by atoms with Crippen LogP contribution in [0, 0.1) is 16.7 Å². The molecule has 1 aromatic heterocycles. The summed E-state index contributed by atoms with van der Waals surface area (Å²) in [7, 11) is 0. The van der Waals surface area contributed by atoms with Gasteiger partial charge >= 0.3 is 0 Å². The van der Waals surface area contributed by atoms with E-state index >= 15 is 0 Å². The Hall–Kier alpha value is -3.94. The lowest BCUT2D eigenvalue weighted by Crippen LogP contribution is -2.42. The van der Waals surface area contributed by atoms with Gasteiger partial charge in [-0.3, -0.25) is 14.5 Å². The van der Waals surface area contributed by atoms with Crippen molar-refractivity contribution in [2.75, 3.05) is 16.0 Å². The Labute approximate surface area is 242 Å². The molecule has 10 heteroatoms. The molecule has 2 aliphatic rings. The molecule has 1 amide bonds. The zero-order valence-corrected chi connectivity index (χ0v) is 24.2. The van der Waals surface area contributed by atoms with Crippen LogP contribution in [0.1, 0.15) is 50.7 Å². The SMILES string of the molecule is CCc1ccc(C2C(C#N)=C(N)N(c3nnc(SCC(=O)Nc4ccccc4)s3)C3=C2C(=O)CC(C)(C)C3)cc1. The van der Waals surface area contributed by atoms with Gasteiger partial charge < -0.3 is 11.1 Å². The molecule has 8 nitrogen and oxygen atoms in total. The molecule has 5 rings (SSSR count). The average molecular weight is 571 g/mol. The van der Waals surface area contributed by atoms with Gasteiger partial charge in [0.2, 0.25) is 11.0 Å². The van der Waals surface area contributed by atoms with E-state index in [1.807, 2.05) is 54.6 Å². The molecular formula is C30H30N6O2S2. The number of carbonyl (C=O) groups is 2. The lowest BCUT2D eigenvalue weighted by Gasteiger charge is -2.42. The van der Waals surface area contributed by atoms with E-state index in [4.69, 9.17) is 5.73 Å². The highest BCUT2D eigenvalue weighted by molar-refractivity contribution is 8.01. The van der Waals surface area contributed by atoms with Gasteiger partial charge in [0.15, 0.2) is 10.1 Å². The molecule has 204 valence electrons. The minimum atomic E-state index is -0.533. The number of carbonyl (C=O) groups excluding carboxylic acids is 2. The summed E-state index contributed by atoms with van der Waals surface area (Å²) in [5.41, 5.74) is 10.9. The van der Waals surface area contributed by atoms with Gasteiger partial charge in [0.25, 0.3) is 0 Å². The highest BCUT2D eigenvalue weighted by Gasteiger charge is 2.45. The molecule has 2 heterocycles. The summed E-state index contributed by atoms with van der Waals surface area (Å²) in [4.78, 5) is 27.9. The van der Waals surface area contributed by atoms with Crippen molar-refractivity contribution in [2.45, 2.75) is 50.3 Å². The summed E-state index contributed by atoms with van der Waals surface area (Å²) in [5, 5.41) is 22.3. The van der Waals surface area contributed by atoms with Crippen molar-refractivity contribution in [2.24, 2.45) is 11.1 Å². The number of anilines is 2. The number of hydrogen-bond donors (Lipinski definition) is 2. The van der Waals surface area contributed by atoms with Gasteiger partial charge in [-0.05, 0) is 41.5 Å². The fourth-order valence-corrected chi connectivity index (χ4v) is 6.88. The highest BCUT2D eigenvalue weighted by atomic mass is 32.2. The van der Waals surface area contributed by atoms with Gasteiger partial charge in [-0.2, -0.15) is 5.26 Å². The molecule has 3 aromatic rings. The first-order valence-electron chi connectivity index (χ1n) is 13.1. The summed E-state index contributed by atoms with van der Waals surface area (Å²) in [6.45, 7) is 6.21. The van der Waals surface area contributed by atoms with E-state index in [1.54, 1.807) is 4.90 Å². The topological polar surface area (TPSA) is 125 Å². The number of nitrogens with zero attached hydrogens (tertiary/aromatic N) is 4. The van der Waals surface area contributed by atoms with Crippen LogP contribution < -0.4 is 16.0 Å². The average Bonchev–Trinajstić information content (AvgIpc) is 3.39. The van der Waals surface area contributed by atoms with Gasteiger partial charge in [-0.25, -0.2) is 0 Å². The van der Waals surface area contributed by atoms with Gasteiger partial charge in [-0.1, -0.05) is 86.3 Å². The summed E-state index contributed by atoms with van der Waals surface area (Å²) >= 11 is 2.55. The zero-order valence-electron chi connectivity index (χ0n) is 22.6. The molecule has 0 spiro atoms. The number of allylic oxidation sites excluding steroid dienone is 3. The summed E-state index contributed by atoms with van der Waals surface area (Å²) in [6, 6.07) is 19.6. The first-order chi connectivity index (χ1) is 19.2. The van der Waals surface area contributed by atoms with Crippen LogP contribution >= 0.6 is 23.1 Å². The Morgan fingerprint density at radius 2 is 1.90 bits per heavy atom. The number of aromatic nitrogens is 2. The van der Waals surface area contributed by atoms with E-state index < -0.39 is 5.92 Å². The number of amides is 1. The molecule has 0 saturated carbocycles. The Balaban J connectivity index is 1.48. The number of nitrogens with one attached hydrogen (secondary N) is 1. The Morgan fingerprint density at radius 1 is 1.18 bits per heavy atom. The van der Waals surface area contributed by atoms with Crippen molar-refractivity contribution in [1.29, 1.82) is 5.26 Å². The smallest absolute Gasteiger partial charge is 0.234 e. The molecule has 1 atom stereocenters. The fraction of sp³-hybridized carbons (Fsp3) is 0.300. The number of benzene rings is 2. The molecule has 40 heavy (non-hydrogen) atoms. The number of aryl methyl sites for hydroxylation is 1. The van der Waals surface area contributed by atoms with Crippen LogP contribution in [-0.4, -0.2) is 27.6 Å². The van der Waals surface area contributed by atoms with Gasteiger partial charge in [0, 0.05) is 23.4 Å². The molecule has 0 saturated heterocycles. The molecular weight excluding hydrogens is 541 g/mol. The first kappa shape index (κ1) is 27.6. The number of ketones is 1. The number of nitrogens with two attached hydrogens (primary N) is 1. The maximum atomic E-state index is 13.7. The minimum absolute atomic E-state index is 0.0118. The minimum Gasteiger partial charge on any atom is -0.384 e. The second kappa shape index (κ2) is 11.3. The fourth-order valence-electron chi connectivity index (χ4n) is 5.20. The normalized spacial score (nSPS) is 18.4. The molecule has 0 bridgehead atoms. The number of para-hydroxylation sites is 1. The third-order valence-corrected chi connectivity index (χ3v) is 9.12. The van der Waals surface area contributed by atoms with Crippen LogP contribution in [0.5, 0.6) is 0 Å². The number of rotatable bonds is 7. The van der Waals surface area contributed by atoms with E-state index in [9.17, 15) is 14.9 Å². The van der Waals surface area contributed by atoms with E-state index in [0.717, 1.165) is 23.4 Å². The highest BCUT2D eigenvalue weighted by Crippen LogP contribution is 2.50. The summed E-state index contributed by atoms with van der Waals surface area (Å²) < 4.78 is 0.588. The second-order valence-electron chi connectivity index (χ2n) is 10.6. The van der Waals surface area contributed by atoms with E-state index in [0.29, 0.717) is 33.5 Å². The Bertz CT molecular complexity index is 1550. The van der Waals surface area contributed by atoms with Crippen LogP contribution in [-0.2, 0) is 16.0 Å². The largest absolute Gasteiger partial charge is 0.384 e. The quantitative estimate of drug-likeness (QED) is 0.343. The number of Topliss-reactive ketones (excluding diaryl/α,β-unsaturated/α-hetero) is 1. The van der Waals surface area contributed by atoms with E-state index in [2.05, 4.69) is 42.4 Å². The maximum absolute atomic E-state index is 13.7. The lowest BCUT2D eigenvalue weighted by molar-refractivity contribution is -0.118. The van der Waals surface area contributed by atoms with Gasteiger partial charge in [-0.15, -0.1) is 10.2 Å². The van der Waals surface area contributed by atoms with Crippen molar-refractivity contribution in [3.63, 3.8) is 0 Å². The van der Waals surface area contributed by atoms with E-state index in [1.165, 1.54) is 28.7 Å². The molecule has 0 fully saturated rings. The van der Waals surface area contributed by atoms with Crippen molar-refractivity contribution in [3.8, 4) is 6.07 Å². The van der Waals surface area contributed by atoms with Gasteiger partial charge in [0.1, 0.15) is 5.82 Å². The Kier molecular flexibility index (Phi) is 7.79. The molecule has 3 N–H and O–H groups in total. The maximum Gasteiger partial charge on any atom is 0.234 e. The van der Waals surface area contributed by atoms with E-state index in [-0.39, 0.29) is 28.7 Å². The predicted molar refractivity (Wildman–Crippen MR) is 159 cm³/mol. The number of nitriles is 1. The summed E-state index contributed by atoms with van der Waals surface area (Å²) in [5.74, 6) is -0.260. The monoisotopic (exact) mass is 570 g/mol. The Morgan fingerprint density at radius 3 is 2.58 bits per heavy atom. The van der Waals surface area contributed by atoms with Crippen LogP contribution in [0.15, 0.2) is 81.6 Å². The number of thioether (sulfide) groups is 1. The molecule has 0 radical (unpaired) electrons. The van der Waals surface area contributed by atoms with Crippen LogP contribution in [0.3, 0.4) is 0 Å². The van der Waals surface area contributed by atoms with Gasteiger partial charge in [0.05, 0.1) is 23.3 Å². The third-order valence-electron chi connectivity index (χ3n) is 7.07. The number of hydrogen-bond acceptors (Lipinski definition) is 9. The first-order valence-corrected chi connectivity index (χ1v) is 14.9.